The van der Waals surface area contributed by atoms with Crippen LogP contribution in [0.15, 0.2) is 12.2 Å². The fourth-order valence-corrected chi connectivity index (χ4v) is 2.89. The monoisotopic (exact) mass is 270 g/mol. The van der Waals surface area contributed by atoms with Crippen LogP contribution in [0.25, 0.3) is 0 Å². The molecule has 4 atom stereocenters. The van der Waals surface area contributed by atoms with E-state index in [2.05, 4.69) is 6.58 Å². The molecule has 0 aromatic heterocycles. The Hall–Kier alpha value is -0.460. The van der Waals surface area contributed by atoms with Crippen LogP contribution in [0.3, 0.4) is 0 Å². The standard InChI is InChI=1S/C14H22O5/c1-8-10-11(18-13(4,5)17-10)19-14(8,6)9-7-15-12(2,3)16-9/h9-11H,1,7H2,2-6H3/t9?,10-,11+,14?/m1/s1. The molecule has 19 heavy (non-hydrogen) atoms. The second kappa shape index (κ2) is 3.80. The molecule has 5 nitrogen and oxygen atoms in total. The van der Waals surface area contributed by atoms with Gasteiger partial charge in [-0.1, -0.05) is 6.58 Å². The van der Waals surface area contributed by atoms with E-state index in [1.807, 2.05) is 34.6 Å². The molecule has 0 amide bonds. The largest absolute Gasteiger partial charge is 0.348 e. The smallest absolute Gasteiger partial charge is 0.192 e. The lowest BCUT2D eigenvalue weighted by Gasteiger charge is -2.33. The minimum absolute atomic E-state index is 0.198. The molecule has 0 radical (unpaired) electrons. The summed E-state index contributed by atoms with van der Waals surface area (Å²) in [5.74, 6) is -1.22. The molecule has 3 fully saturated rings. The second-order valence-corrected chi connectivity index (χ2v) is 6.49. The van der Waals surface area contributed by atoms with Crippen molar-refractivity contribution < 1.29 is 23.7 Å². The first-order valence-electron chi connectivity index (χ1n) is 6.67. The third-order valence-electron chi connectivity index (χ3n) is 4.02. The summed E-state index contributed by atoms with van der Waals surface area (Å²) in [5.41, 5.74) is 0.217. The van der Waals surface area contributed by atoms with Gasteiger partial charge >= 0.3 is 0 Å². The van der Waals surface area contributed by atoms with Crippen LogP contribution in [0.1, 0.15) is 34.6 Å². The van der Waals surface area contributed by atoms with Crippen molar-refractivity contribution in [1.82, 2.24) is 0 Å². The van der Waals surface area contributed by atoms with Gasteiger partial charge in [-0.25, -0.2) is 0 Å². The van der Waals surface area contributed by atoms with E-state index in [9.17, 15) is 0 Å². The quantitative estimate of drug-likeness (QED) is 0.682. The molecule has 3 aliphatic heterocycles. The molecule has 108 valence electrons. The van der Waals surface area contributed by atoms with Gasteiger partial charge in [0.25, 0.3) is 0 Å². The van der Waals surface area contributed by atoms with Crippen LogP contribution in [-0.2, 0) is 23.7 Å². The van der Waals surface area contributed by atoms with Crippen LogP contribution in [0.2, 0.25) is 0 Å². The van der Waals surface area contributed by atoms with Crippen LogP contribution in [0.5, 0.6) is 0 Å². The van der Waals surface area contributed by atoms with Gasteiger partial charge in [0, 0.05) is 0 Å². The highest BCUT2D eigenvalue weighted by molar-refractivity contribution is 5.27. The normalized spacial score (nSPS) is 47.6. The summed E-state index contributed by atoms with van der Waals surface area (Å²) in [6.45, 7) is 14.1. The summed E-state index contributed by atoms with van der Waals surface area (Å²) in [7, 11) is 0. The average Bonchev–Trinajstić information content (AvgIpc) is 2.83. The first kappa shape index (κ1) is 13.5. The predicted octanol–water partition coefficient (Wildman–Crippen LogP) is 1.96. The van der Waals surface area contributed by atoms with Gasteiger partial charge in [0.1, 0.15) is 17.8 Å². The lowest BCUT2D eigenvalue weighted by molar-refractivity contribution is -0.236. The zero-order valence-corrected chi connectivity index (χ0v) is 12.2. The third kappa shape index (κ3) is 2.04. The summed E-state index contributed by atoms with van der Waals surface area (Å²) in [5, 5.41) is 0. The molecular weight excluding hydrogens is 248 g/mol. The molecule has 0 bridgehead atoms. The Labute approximate surface area is 113 Å². The fraction of sp³-hybridized carbons (Fsp3) is 0.857. The van der Waals surface area contributed by atoms with Crippen LogP contribution in [0.4, 0.5) is 0 Å². The summed E-state index contributed by atoms with van der Waals surface area (Å²) < 4.78 is 29.2. The Morgan fingerprint density at radius 1 is 0.947 bits per heavy atom. The third-order valence-corrected chi connectivity index (χ3v) is 4.02. The van der Waals surface area contributed by atoms with Gasteiger partial charge in [0.15, 0.2) is 17.9 Å². The Bertz CT molecular complexity index is 416. The maximum absolute atomic E-state index is 6.05. The summed E-state index contributed by atoms with van der Waals surface area (Å²) in [6, 6.07) is 0. The van der Waals surface area contributed by atoms with E-state index in [1.54, 1.807) is 0 Å². The van der Waals surface area contributed by atoms with Crippen molar-refractivity contribution in [2.75, 3.05) is 6.61 Å². The van der Waals surface area contributed by atoms with Crippen LogP contribution in [0, 0.1) is 0 Å². The zero-order valence-electron chi connectivity index (χ0n) is 12.2. The second-order valence-electron chi connectivity index (χ2n) is 6.49. The van der Waals surface area contributed by atoms with E-state index in [-0.39, 0.29) is 12.2 Å². The van der Waals surface area contributed by atoms with Crippen LogP contribution < -0.4 is 0 Å². The predicted molar refractivity (Wildman–Crippen MR) is 67.4 cm³/mol. The maximum atomic E-state index is 6.05. The highest BCUT2D eigenvalue weighted by atomic mass is 16.8. The molecule has 0 aromatic carbocycles. The Kier molecular flexibility index (Phi) is 2.70. The topological polar surface area (TPSA) is 46.2 Å². The number of ether oxygens (including phenoxy) is 5. The van der Waals surface area contributed by atoms with Gasteiger partial charge in [0.2, 0.25) is 0 Å². The molecule has 0 N–H and O–H groups in total. The number of rotatable bonds is 1. The van der Waals surface area contributed by atoms with Gasteiger partial charge in [-0.2, -0.15) is 0 Å². The lowest BCUT2D eigenvalue weighted by atomic mass is 9.90. The van der Waals surface area contributed by atoms with E-state index in [0.717, 1.165) is 5.57 Å². The van der Waals surface area contributed by atoms with E-state index in [0.29, 0.717) is 6.61 Å². The molecule has 3 aliphatic rings. The molecule has 0 saturated carbocycles. The molecule has 5 heteroatoms. The van der Waals surface area contributed by atoms with E-state index in [1.165, 1.54) is 0 Å². The van der Waals surface area contributed by atoms with Crippen molar-refractivity contribution in [3.05, 3.63) is 12.2 Å². The highest BCUT2D eigenvalue weighted by Gasteiger charge is 2.60. The maximum Gasteiger partial charge on any atom is 0.192 e. The lowest BCUT2D eigenvalue weighted by Crippen LogP contribution is -2.45. The van der Waals surface area contributed by atoms with Crippen molar-refractivity contribution in [1.29, 1.82) is 0 Å². The molecule has 0 spiro atoms. The molecule has 3 rings (SSSR count). The molecule has 3 heterocycles. The van der Waals surface area contributed by atoms with Gasteiger partial charge < -0.3 is 23.7 Å². The SMILES string of the molecule is C=C1[C@H]2OC(C)(C)O[C@H]2OC1(C)C1COC(C)(C)O1. The zero-order chi connectivity index (χ0) is 14.1. The first-order chi connectivity index (χ1) is 8.63. The van der Waals surface area contributed by atoms with E-state index < -0.39 is 23.5 Å². The molecule has 2 unspecified atom stereocenters. The van der Waals surface area contributed by atoms with Gasteiger partial charge in [-0.15, -0.1) is 0 Å². The first-order valence-corrected chi connectivity index (χ1v) is 6.67. The Morgan fingerprint density at radius 3 is 2.16 bits per heavy atom. The van der Waals surface area contributed by atoms with Crippen molar-refractivity contribution in [2.45, 2.75) is 70.3 Å². The van der Waals surface area contributed by atoms with E-state index in [4.69, 9.17) is 23.7 Å². The van der Waals surface area contributed by atoms with Crippen molar-refractivity contribution in [3.8, 4) is 0 Å². The summed E-state index contributed by atoms with van der Waals surface area (Å²) in [4.78, 5) is 0. The van der Waals surface area contributed by atoms with Crippen molar-refractivity contribution >= 4 is 0 Å². The fourth-order valence-electron chi connectivity index (χ4n) is 2.89. The van der Waals surface area contributed by atoms with Crippen molar-refractivity contribution in [2.24, 2.45) is 0 Å². The van der Waals surface area contributed by atoms with Gasteiger partial charge in [-0.05, 0) is 40.2 Å². The molecular formula is C14H22O5. The summed E-state index contributed by atoms with van der Waals surface area (Å²) >= 11 is 0. The summed E-state index contributed by atoms with van der Waals surface area (Å²) in [6.07, 6.45) is -0.858. The Balaban J connectivity index is 1.79. The minimum atomic E-state index is -0.639. The molecule has 3 saturated heterocycles. The highest BCUT2D eigenvalue weighted by Crippen LogP contribution is 2.48. The Morgan fingerprint density at radius 2 is 1.63 bits per heavy atom. The van der Waals surface area contributed by atoms with Gasteiger partial charge in [-0.3, -0.25) is 0 Å². The average molecular weight is 270 g/mol. The van der Waals surface area contributed by atoms with Crippen LogP contribution in [-0.4, -0.2) is 42.3 Å². The number of hydrogen-bond donors (Lipinski definition) is 0. The minimum Gasteiger partial charge on any atom is -0.348 e. The van der Waals surface area contributed by atoms with Crippen molar-refractivity contribution in [3.63, 3.8) is 0 Å². The number of hydrogen-bond acceptors (Lipinski definition) is 5. The van der Waals surface area contributed by atoms with Gasteiger partial charge in [0.05, 0.1) is 6.61 Å². The van der Waals surface area contributed by atoms with E-state index >= 15 is 0 Å². The van der Waals surface area contributed by atoms with Crippen LogP contribution >= 0.6 is 0 Å². The number of fused-ring (bicyclic) bond motifs is 1. The molecule has 0 aromatic rings. The molecule has 0 aliphatic carbocycles.